The van der Waals surface area contributed by atoms with E-state index < -0.39 is 33.5 Å². The molecule has 0 aliphatic heterocycles. The van der Waals surface area contributed by atoms with Crippen molar-refractivity contribution >= 4 is 49.8 Å². The molecule has 0 saturated heterocycles. The lowest BCUT2D eigenvalue weighted by molar-refractivity contribution is -0.137. The third kappa shape index (κ3) is 4.65. The number of nitrogens with one attached hydrogen (secondary N) is 2. The van der Waals surface area contributed by atoms with Crippen LogP contribution in [0.2, 0.25) is 10.0 Å². The van der Waals surface area contributed by atoms with Crippen molar-refractivity contribution in [2.24, 2.45) is 0 Å². The summed E-state index contributed by atoms with van der Waals surface area (Å²) in [5, 5.41) is 0.109. The summed E-state index contributed by atoms with van der Waals surface area (Å²) in [6.07, 6.45) is -1.90. The third-order valence-corrected chi connectivity index (χ3v) is 6.29. The van der Waals surface area contributed by atoms with Gasteiger partial charge < -0.3 is 4.98 Å². The van der Waals surface area contributed by atoms with Crippen LogP contribution in [-0.2, 0) is 21.7 Å². The maximum atomic E-state index is 15.7. The van der Waals surface area contributed by atoms with E-state index in [1.165, 1.54) is 18.2 Å². The zero-order valence-electron chi connectivity index (χ0n) is 16.7. The number of nitrogens with zero attached hydrogens (tertiary/aromatic N) is 1. The van der Waals surface area contributed by atoms with Crippen molar-refractivity contribution in [3.63, 3.8) is 0 Å². The van der Waals surface area contributed by atoms with Crippen LogP contribution in [0.5, 0.6) is 0 Å². The van der Waals surface area contributed by atoms with Crippen LogP contribution >= 0.6 is 23.2 Å². The minimum absolute atomic E-state index is 0.0560. The van der Waals surface area contributed by atoms with Gasteiger partial charge in [-0.05, 0) is 41.5 Å². The molecule has 0 fully saturated rings. The number of imidazole rings is 1. The van der Waals surface area contributed by atoms with E-state index in [0.29, 0.717) is 22.2 Å². The number of halogens is 6. The van der Waals surface area contributed by atoms with Crippen LogP contribution in [0.4, 0.5) is 17.6 Å². The summed E-state index contributed by atoms with van der Waals surface area (Å²) in [5.41, 5.74) is -2.22. The Hall–Kier alpha value is -2.40. The highest BCUT2D eigenvalue weighted by Gasteiger charge is 2.45. The molecule has 0 saturated carbocycles. The molecule has 1 aliphatic carbocycles. The van der Waals surface area contributed by atoms with Gasteiger partial charge in [0.1, 0.15) is 23.1 Å². The van der Waals surface area contributed by atoms with E-state index in [1.54, 1.807) is 24.3 Å². The van der Waals surface area contributed by atoms with Crippen LogP contribution < -0.4 is 4.72 Å². The Morgan fingerprint density at radius 3 is 2.52 bits per heavy atom. The number of allylic oxidation sites excluding steroid dienone is 2. The second-order valence-electron chi connectivity index (χ2n) is 7.55. The molecule has 12 heteroatoms. The average molecular weight is 520 g/mol. The highest BCUT2D eigenvalue weighted by atomic mass is 35.5. The van der Waals surface area contributed by atoms with Gasteiger partial charge in [-0.1, -0.05) is 47.5 Å². The van der Waals surface area contributed by atoms with Crippen LogP contribution in [-0.4, -0.2) is 30.8 Å². The topological polar surface area (TPSA) is 74.8 Å². The number of aromatic nitrogens is 2. The van der Waals surface area contributed by atoms with Gasteiger partial charge in [-0.15, -0.1) is 0 Å². The second-order valence-corrected chi connectivity index (χ2v) is 10.1. The van der Waals surface area contributed by atoms with Gasteiger partial charge in [-0.25, -0.2) is 17.8 Å². The Morgan fingerprint density at radius 2 is 1.91 bits per heavy atom. The molecule has 1 aliphatic rings. The molecule has 2 unspecified atom stereocenters. The van der Waals surface area contributed by atoms with Crippen LogP contribution in [0.25, 0.3) is 16.6 Å². The van der Waals surface area contributed by atoms with Gasteiger partial charge in [0.05, 0.1) is 22.4 Å². The predicted octanol–water partition coefficient (Wildman–Crippen LogP) is 5.62. The van der Waals surface area contributed by atoms with Crippen molar-refractivity contribution in [3.8, 4) is 0 Å². The molecular formula is C21H15Cl2F4N3O2S. The summed E-state index contributed by atoms with van der Waals surface area (Å²) in [4.78, 5) is 6.77. The minimum Gasteiger partial charge on any atom is -0.340 e. The fourth-order valence-electron chi connectivity index (χ4n) is 3.61. The molecule has 0 spiro atoms. The van der Waals surface area contributed by atoms with E-state index >= 15 is 4.39 Å². The smallest absolute Gasteiger partial charge is 0.340 e. The standard InChI is InChI=1S/C21H15Cl2F4N3O2S/c1-33(31,32)30-20(6-5-12(8-17(20)24)11-3-2-4-14(22)7-11)19-28-16-10-13(21(25,26)27)9-15(23)18(16)29-19/h2-10,17,30H,1H3,(H,28,29). The summed E-state index contributed by atoms with van der Waals surface area (Å²) in [6.45, 7) is 0. The molecular weight excluding hydrogens is 505 g/mol. The van der Waals surface area contributed by atoms with Crippen molar-refractivity contribution in [3.05, 3.63) is 81.6 Å². The summed E-state index contributed by atoms with van der Waals surface area (Å²) < 4.78 is 81.7. The summed E-state index contributed by atoms with van der Waals surface area (Å²) >= 11 is 12.0. The number of hydrogen-bond donors (Lipinski definition) is 2. The number of H-pyrrole nitrogens is 1. The number of rotatable bonds is 4. The first-order valence-electron chi connectivity index (χ1n) is 9.35. The predicted molar refractivity (Wildman–Crippen MR) is 119 cm³/mol. The molecule has 0 amide bonds. The first-order valence-corrected chi connectivity index (χ1v) is 12.0. The lowest BCUT2D eigenvalue weighted by Gasteiger charge is -2.33. The maximum Gasteiger partial charge on any atom is 0.416 e. The van der Waals surface area contributed by atoms with Crippen molar-refractivity contribution in [1.29, 1.82) is 0 Å². The Kier molecular flexibility index (Phi) is 5.84. The van der Waals surface area contributed by atoms with E-state index in [9.17, 15) is 21.6 Å². The van der Waals surface area contributed by atoms with Gasteiger partial charge in [0.15, 0.2) is 0 Å². The van der Waals surface area contributed by atoms with E-state index in [-0.39, 0.29) is 21.9 Å². The number of benzene rings is 2. The molecule has 3 aromatic rings. The summed E-state index contributed by atoms with van der Waals surface area (Å²) in [5.74, 6) is -0.255. The van der Waals surface area contributed by atoms with Gasteiger partial charge in [0.2, 0.25) is 10.0 Å². The van der Waals surface area contributed by atoms with Crippen LogP contribution in [0.3, 0.4) is 0 Å². The molecule has 2 N–H and O–H groups in total. The SMILES string of the molecule is CS(=O)(=O)NC1(c2nc3c(Cl)cc(C(F)(F)F)cc3[nH]2)C=CC(c2cccc(Cl)c2)=CC1F. The number of aromatic amines is 1. The highest BCUT2D eigenvalue weighted by molar-refractivity contribution is 7.88. The molecule has 1 aromatic heterocycles. The number of fused-ring (bicyclic) bond motifs is 1. The lowest BCUT2D eigenvalue weighted by Crippen LogP contribution is -2.51. The maximum absolute atomic E-state index is 15.7. The molecule has 33 heavy (non-hydrogen) atoms. The van der Waals surface area contributed by atoms with Crippen LogP contribution in [0.15, 0.2) is 54.6 Å². The number of sulfonamides is 1. The van der Waals surface area contributed by atoms with Crippen LogP contribution in [0.1, 0.15) is 17.0 Å². The largest absolute Gasteiger partial charge is 0.416 e. The Bertz CT molecular complexity index is 1420. The normalized spacial score (nSPS) is 21.4. The van der Waals surface area contributed by atoms with Gasteiger partial charge in [-0.2, -0.15) is 17.9 Å². The zero-order chi connectivity index (χ0) is 24.2. The van der Waals surface area contributed by atoms with E-state index in [1.807, 2.05) is 0 Å². The van der Waals surface area contributed by atoms with Crippen molar-refractivity contribution in [1.82, 2.24) is 14.7 Å². The number of hydrogen-bond acceptors (Lipinski definition) is 3. The third-order valence-electron chi connectivity index (χ3n) is 5.06. The van der Waals surface area contributed by atoms with E-state index in [2.05, 4.69) is 14.7 Å². The van der Waals surface area contributed by atoms with E-state index in [4.69, 9.17) is 23.2 Å². The zero-order valence-corrected chi connectivity index (χ0v) is 19.0. The number of alkyl halides is 4. The first-order chi connectivity index (χ1) is 15.3. The monoisotopic (exact) mass is 519 g/mol. The average Bonchev–Trinajstić information content (AvgIpc) is 3.13. The molecule has 2 aromatic carbocycles. The van der Waals surface area contributed by atoms with Crippen molar-refractivity contribution in [2.45, 2.75) is 17.9 Å². The second kappa shape index (κ2) is 8.12. The Balaban J connectivity index is 1.86. The fraction of sp³-hybridized carbons (Fsp3) is 0.190. The summed E-state index contributed by atoms with van der Waals surface area (Å²) in [7, 11) is -4.00. The molecule has 2 atom stereocenters. The molecule has 0 bridgehead atoms. The molecule has 0 radical (unpaired) electrons. The Labute approximate surface area is 196 Å². The molecule has 1 heterocycles. The van der Waals surface area contributed by atoms with Gasteiger partial charge in [0.25, 0.3) is 0 Å². The fourth-order valence-corrected chi connectivity index (χ4v) is 4.95. The highest BCUT2D eigenvalue weighted by Crippen LogP contribution is 2.39. The van der Waals surface area contributed by atoms with Gasteiger partial charge in [0, 0.05) is 5.02 Å². The lowest BCUT2D eigenvalue weighted by atomic mass is 9.85. The Morgan fingerprint density at radius 1 is 1.18 bits per heavy atom. The molecule has 5 nitrogen and oxygen atoms in total. The van der Waals surface area contributed by atoms with Crippen LogP contribution in [0, 0.1) is 0 Å². The van der Waals surface area contributed by atoms with Crippen molar-refractivity contribution < 1.29 is 26.0 Å². The first kappa shape index (κ1) is 23.7. The molecule has 174 valence electrons. The minimum atomic E-state index is -4.67. The quantitative estimate of drug-likeness (QED) is 0.439. The van der Waals surface area contributed by atoms with Gasteiger partial charge >= 0.3 is 6.18 Å². The van der Waals surface area contributed by atoms with Crippen molar-refractivity contribution in [2.75, 3.05) is 6.26 Å². The summed E-state index contributed by atoms with van der Waals surface area (Å²) in [6, 6.07) is 8.11. The van der Waals surface area contributed by atoms with Gasteiger partial charge in [-0.3, -0.25) is 0 Å². The van der Waals surface area contributed by atoms with E-state index in [0.717, 1.165) is 12.3 Å². The molecule has 4 rings (SSSR count).